The predicted octanol–water partition coefficient (Wildman–Crippen LogP) is 3.19. The molecule has 6 nitrogen and oxygen atoms in total. The maximum Gasteiger partial charge on any atom is 0.310 e. The number of carbonyl (C=O) groups is 1. The normalized spacial score (nSPS) is 33.8. The minimum absolute atomic E-state index is 0. The lowest BCUT2D eigenvalue weighted by molar-refractivity contribution is -0.149. The summed E-state index contributed by atoms with van der Waals surface area (Å²) in [6.45, 7) is 7.76. The van der Waals surface area contributed by atoms with E-state index in [-0.39, 0.29) is 35.9 Å². The number of carbonyl (C=O) groups excluding carboxylic acids is 1. The van der Waals surface area contributed by atoms with Crippen molar-refractivity contribution in [1.82, 2.24) is 10.2 Å². The predicted molar refractivity (Wildman–Crippen MR) is 120 cm³/mol. The smallest absolute Gasteiger partial charge is 0.310 e. The van der Waals surface area contributed by atoms with Gasteiger partial charge in [0.25, 0.3) is 0 Å². The summed E-state index contributed by atoms with van der Waals surface area (Å²) >= 11 is 0. The van der Waals surface area contributed by atoms with Crippen LogP contribution in [0.15, 0.2) is 4.99 Å². The van der Waals surface area contributed by atoms with Gasteiger partial charge in [-0.3, -0.25) is 9.79 Å². The summed E-state index contributed by atoms with van der Waals surface area (Å²) in [6.07, 6.45) is 8.73. The lowest BCUT2D eigenvalue weighted by Gasteiger charge is -2.57. The molecule has 28 heavy (non-hydrogen) atoms. The lowest BCUT2D eigenvalue weighted by atomic mass is 9.54. The van der Waals surface area contributed by atoms with E-state index in [2.05, 4.69) is 17.1 Å². The molecule has 2 aliphatic carbocycles. The molecule has 2 saturated heterocycles. The molecule has 0 radical (unpaired) electrons. The number of fused-ring (bicyclic) bond motifs is 2. The maximum absolute atomic E-state index is 12.2. The van der Waals surface area contributed by atoms with E-state index in [9.17, 15) is 4.79 Å². The maximum atomic E-state index is 12.2. The number of hydrogen-bond acceptors (Lipinski definition) is 4. The number of guanidine groups is 1. The summed E-state index contributed by atoms with van der Waals surface area (Å²) in [7, 11) is 0. The van der Waals surface area contributed by atoms with Gasteiger partial charge in [0.15, 0.2) is 5.96 Å². The third-order valence-corrected chi connectivity index (χ3v) is 7.22. The number of esters is 1. The third kappa shape index (κ3) is 3.89. The molecule has 4 aliphatic rings. The first-order valence-electron chi connectivity index (χ1n) is 11.0. The molecule has 1 spiro atoms. The van der Waals surface area contributed by atoms with Crippen molar-refractivity contribution in [3.63, 3.8) is 0 Å². The van der Waals surface area contributed by atoms with Crippen LogP contribution in [0.3, 0.4) is 0 Å². The summed E-state index contributed by atoms with van der Waals surface area (Å²) in [4.78, 5) is 19.4. The zero-order chi connectivity index (χ0) is 18.9. The van der Waals surface area contributed by atoms with Crippen molar-refractivity contribution in [3.05, 3.63) is 0 Å². The van der Waals surface area contributed by atoms with E-state index in [0.29, 0.717) is 30.1 Å². The Balaban J connectivity index is 0.00000225. The van der Waals surface area contributed by atoms with E-state index < -0.39 is 0 Å². The molecule has 0 amide bonds. The number of ether oxygens (including phenoxy) is 2. The van der Waals surface area contributed by atoms with E-state index in [0.717, 1.165) is 51.5 Å². The molecule has 1 N–H and O–H groups in total. The van der Waals surface area contributed by atoms with E-state index in [1.54, 1.807) is 0 Å². The van der Waals surface area contributed by atoms with E-state index in [4.69, 9.17) is 14.5 Å². The minimum Gasteiger partial charge on any atom is -0.466 e. The van der Waals surface area contributed by atoms with Crippen LogP contribution in [0.5, 0.6) is 0 Å². The van der Waals surface area contributed by atoms with Crippen molar-refractivity contribution < 1.29 is 14.3 Å². The lowest BCUT2D eigenvalue weighted by Crippen LogP contribution is -2.69. The second-order valence-electron chi connectivity index (χ2n) is 8.64. The summed E-state index contributed by atoms with van der Waals surface area (Å²) in [6, 6.07) is 0.473. The van der Waals surface area contributed by atoms with Crippen LogP contribution >= 0.6 is 24.0 Å². The fourth-order valence-electron chi connectivity index (χ4n) is 6.05. The molecule has 4 atom stereocenters. The van der Waals surface area contributed by atoms with Gasteiger partial charge in [0.1, 0.15) is 0 Å². The Morgan fingerprint density at radius 3 is 2.75 bits per heavy atom. The average Bonchev–Trinajstić information content (AvgIpc) is 3.34. The van der Waals surface area contributed by atoms with E-state index >= 15 is 0 Å². The second-order valence-corrected chi connectivity index (χ2v) is 8.64. The molecule has 4 fully saturated rings. The Morgan fingerprint density at radius 2 is 2.04 bits per heavy atom. The number of aliphatic imine (C=N–C) groups is 1. The van der Waals surface area contributed by atoms with Crippen LogP contribution in [-0.2, 0) is 14.3 Å². The van der Waals surface area contributed by atoms with Crippen molar-refractivity contribution >= 4 is 35.9 Å². The highest BCUT2D eigenvalue weighted by atomic mass is 127. The second kappa shape index (κ2) is 9.49. The van der Waals surface area contributed by atoms with Gasteiger partial charge in [-0.25, -0.2) is 0 Å². The topological polar surface area (TPSA) is 63.2 Å². The number of rotatable bonds is 4. The summed E-state index contributed by atoms with van der Waals surface area (Å²) in [5, 5.41) is 3.86. The highest BCUT2D eigenvalue weighted by molar-refractivity contribution is 14.0. The number of hydrogen-bond donors (Lipinski definition) is 1. The van der Waals surface area contributed by atoms with Gasteiger partial charge in [-0.15, -0.1) is 24.0 Å². The Labute approximate surface area is 186 Å². The molecule has 4 unspecified atom stereocenters. The van der Waals surface area contributed by atoms with Crippen LogP contribution in [0.1, 0.15) is 58.8 Å². The van der Waals surface area contributed by atoms with Gasteiger partial charge in [0.05, 0.1) is 18.6 Å². The first kappa shape index (κ1) is 22.1. The Hall–Kier alpha value is -0.570. The van der Waals surface area contributed by atoms with Crippen LogP contribution in [0.4, 0.5) is 0 Å². The highest BCUT2D eigenvalue weighted by Crippen LogP contribution is 2.60. The Kier molecular flexibility index (Phi) is 7.50. The molecule has 160 valence electrons. The molecule has 7 heteroatoms. The van der Waals surface area contributed by atoms with E-state index in [1.165, 1.54) is 25.7 Å². The first-order valence-corrected chi connectivity index (χ1v) is 11.0. The highest BCUT2D eigenvalue weighted by Gasteiger charge is 2.65. The molecule has 2 heterocycles. The SMILES string of the molecule is CCN=C(NC1C2CCOC2C12CCCC2)N1CCCC(C(=O)OCC)C1.I. The molecular weight excluding hydrogens is 469 g/mol. The minimum atomic E-state index is -0.0572. The number of piperidine rings is 1. The van der Waals surface area contributed by atoms with Gasteiger partial charge in [-0.05, 0) is 46.0 Å². The van der Waals surface area contributed by atoms with Gasteiger partial charge >= 0.3 is 5.97 Å². The largest absolute Gasteiger partial charge is 0.466 e. The number of likely N-dealkylation sites (tertiary alicyclic amines) is 1. The zero-order valence-electron chi connectivity index (χ0n) is 17.3. The fraction of sp³-hybridized carbons (Fsp3) is 0.905. The third-order valence-electron chi connectivity index (χ3n) is 7.22. The van der Waals surface area contributed by atoms with Crippen LogP contribution in [-0.4, -0.2) is 61.8 Å². The van der Waals surface area contributed by atoms with Gasteiger partial charge in [-0.1, -0.05) is 12.8 Å². The van der Waals surface area contributed by atoms with Crippen LogP contribution in [0.2, 0.25) is 0 Å². The van der Waals surface area contributed by atoms with Gasteiger partial charge in [-0.2, -0.15) is 0 Å². The standard InChI is InChI=1S/C21H35N3O3.HI/c1-3-22-20(24-12-7-8-15(14-24)19(25)26-4-2)23-17-16-9-13-27-18(16)21(17)10-5-6-11-21;/h15-18H,3-14H2,1-2H3,(H,22,23);1H. The van der Waals surface area contributed by atoms with Gasteiger partial charge < -0.3 is 19.7 Å². The molecule has 4 rings (SSSR count). The van der Waals surface area contributed by atoms with Crippen molar-refractivity contribution in [1.29, 1.82) is 0 Å². The van der Waals surface area contributed by atoms with Crippen molar-refractivity contribution in [2.24, 2.45) is 22.2 Å². The average molecular weight is 505 g/mol. The monoisotopic (exact) mass is 505 g/mol. The van der Waals surface area contributed by atoms with Crippen molar-refractivity contribution in [2.45, 2.75) is 70.9 Å². The van der Waals surface area contributed by atoms with Crippen LogP contribution in [0.25, 0.3) is 0 Å². The number of halogens is 1. The number of nitrogens with one attached hydrogen (secondary N) is 1. The summed E-state index contributed by atoms with van der Waals surface area (Å²) in [5.74, 6) is 1.52. The van der Waals surface area contributed by atoms with Crippen molar-refractivity contribution in [3.8, 4) is 0 Å². The Bertz CT molecular complexity index is 579. The molecule has 2 saturated carbocycles. The molecule has 0 aromatic heterocycles. The van der Waals surface area contributed by atoms with Crippen LogP contribution in [0, 0.1) is 17.3 Å². The first-order chi connectivity index (χ1) is 13.2. The number of nitrogens with zero attached hydrogens (tertiary/aromatic N) is 2. The van der Waals surface area contributed by atoms with Crippen molar-refractivity contribution in [2.75, 3.05) is 32.8 Å². The Morgan fingerprint density at radius 1 is 1.25 bits per heavy atom. The zero-order valence-corrected chi connectivity index (χ0v) is 19.7. The molecule has 2 aliphatic heterocycles. The molecule has 0 bridgehead atoms. The quantitative estimate of drug-likeness (QED) is 0.275. The van der Waals surface area contributed by atoms with Gasteiger partial charge in [0.2, 0.25) is 0 Å². The van der Waals surface area contributed by atoms with Crippen LogP contribution < -0.4 is 5.32 Å². The van der Waals surface area contributed by atoms with E-state index in [1.807, 2.05) is 6.92 Å². The molecule has 0 aromatic rings. The molecule has 0 aromatic carbocycles. The van der Waals surface area contributed by atoms with Gasteiger partial charge in [0, 0.05) is 43.6 Å². The molecular formula is C21H36IN3O3. The fourth-order valence-corrected chi connectivity index (χ4v) is 6.05. The summed E-state index contributed by atoms with van der Waals surface area (Å²) in [5.41, 5.74) is 0.312. The summed E-state index contributed by atoms with van der Waals surface area (Å²) < 4.78 is 11.4.